The van der Waals surface area contributed by atoms with Crippen LogP contribution in [-0.2, 0) is 56.0 Å². The largest absolute Gasteiger partial charge is 0.507 e. The molecule has 0 radical (unpaired) electrons. The van der Waals surface area contributed by atoms with Gasteiger partial charge in [0, 0.05) is 42.5 Å². The maximum atomic E-state index is 14.3. The molecular weight excluding hydrogens is 1070 g/mol. The summed E-state index contributed by atoms with van der Waals surface area (Å²) in [6.07, 6.45) is -5.95. The van der Waals surface area contributed by atoms with Gasteiger partial charge in [-0.3, -0.25) is 38.4 Å². The third-order valence-electron chi connectivity index (χ3n) is 15.2. The van der Waals surface area contributed by atoms with Crippen LogP contribution >= 0.6 is 0 Å². The van der Waals surface area contributed by atoms with Crippen molar-refractivity contribution in [1.29, 1.82) is 0 Å². The van der Waals surface area contributed by atoms with Crippen LogP contribution in [0, 0.1) is 5.92 Å². The molecule has 6 amide bonds. The average molecular weight is 1140 g/mol. The van der Waals surface area contributed by atoms with Crippen LogP contribution < -0.4 is 37.1 Å². The van der Waals surface area contributed by atoms with Crippen molar-refractivity contribution >= 4 is 53.0 Å². The standard InChI is InChI=1S/C57H73N7O18/c1-28(2)21-36(62-55(76)37-17-12-20-64(37)41(67)25-59-52(73)29(3)60-53(74)34(16-9-10-19-58)63-56(77)80-27-31-13-7-6-8-14-31)54(75)61-35-22-42(81-30(4)47(35)68)82-39-24-57(78,40(66)26-65)23-33-44(39)51(72)46-45(49(33)70)48(69)32-15-11-18-38(79-5)43(32)50(46)71/h6-8,11,13-15,18,28-30,34-37,39,42,47,65,68,70,72,78H,9-10,12,16-17,19-27,58H2,1-5H3,(H,59,73)(H,60,74)(H,61,75)(H,62,76)(H,63,77)/t29-,30?,34-,35?,36-,37-,39-,42?,47?,57-/m0/s1. The number of hydrogen-bond acceptors (Lipinski definition) is 19. The van der Waals surface area contributed by atoms with E-state index in [1.807, 2.05) is 19.9 Å². The van der Waals surface area contributed by atoms with Crippen molar-refractivity contribution < 1.29 is 87.6 Å². The van der Waals surface area contributed by atoms with E-state index in [-0.39, 0.29) is 72.8 Å². The summed E-state index contributed by atoms with van der Waals surface area (Å²) in [7, 11) is 1.28. The number of alkyl carbamates (subject to hydrolysis) is 1. The van der Waals surface area contributed by atoms with Gasteiger partial charge in [-0.2, -0.15) is 0 Å². The lowest BCUT2D eigenvalue weighted by Gasteiger charge is -2.43. The summed E-state index contributed by atoms with van der Waals surface area (Å²) >= 11 is 0. The number of aliphatic hydroxyl groups excluding tert-OH is 2. The van der Waals surface area contributed by atoms with Crippen molar-refractivity contribution in [3.8, 4) is 17.2 Å². The maximum absolute atomic E-state index is 14.3. The van der Waals surface area contributed by atoms with Gasteiger partial charge in [-0.05, 0) is 76.5 Å². The fourth-order valence-corrected chi connectivity index (χ4v) is 10.9. The number of nitrogens with two attached hydrogens (primary N) is 1. The molecule has 10 atom stereocenters. The molecule has 3 aromatic carbocycles. The summed E-state index contributed by atoms with van der Waals surface area (Å²) in [5.74, 6) is -7.97. The molecule has 2 heterocycles. The monoisotopic (exact) mass is 1140 g/mol. The number of ether oxygens (including phenoxy) is 4. The summed E-state index contributed by atoms with van der Waals surface area (Å²) in [4.78, 5) is 124. The summed E-state index contributed by atoms with van der Waals surface area (Å²) in [5.41, 5.74) is 1.88. The molecule has 7 rings (SSSR count). The first-order chi connectivity index (χ1) is 39.0. The molecule has 4 aliphatic rings. The van der Waals surface area contributed by atoms with Crippen LogP contribution in [0.2, 0.25) is 0 Å². The molecule has 2 saturated heterocycles. The number of carbonyl (C=O) groups excluding carboxylic acids is 9. The second kappa shape index (κ2) is 27.0. The number of benzene rings is 3. The highest BCUT2D eigenvalue weighted by molar-refractivity contribution is 6.31. The zero-order valence-electron chi connectivity index (χ0n) is 46.4. The van der Waals surface area contributed by atoms with Gasteiger partial charge in [0.1, 0.15) is 66.3 Å². The fraction of sp³-hybridized carbons (Fsp3) is 0.526. The highest BCUT2D eigenvalue weighted by Crippen LogP contribution is 2.52. The Morgan fingerprint density at radius 2 is 1.60 bits per heavy atom. The highest BCUT2D eigenvalue weighted by atomic mass is 16.7. The van der Waals surface area contributed by atoms with Crippen molar-refractivity contribution in [2.45, 2.75) is 153 Å². The number of fused-ring (bicyclic) bond motifs is 3. The van der Waals surface area contributed by atoms with Gasteiger partial charge in [-0.25, -0.2) is 4.79 Å². The Morgan fingerprint density at radius 1 is 0.878 bits per heavy atom. The molecule has 0 aromatic heterocycles. The molecular formula is C57H73N7O18. The Bertz CT molecular complexity index is 2920. The lowest BCUT2D eigenvalue weighted by Crippen LogP contribution is -2.60. The topological polar surface area (TPSA) is 381 Å². The maximum Gasteiger partial charge on any atom is 0.408 e. The normalized spacial score (nSPS) is 23.0. The van der Waals surface area contributed by atoms with Crippen molar-refractivity contribution in [1.82, 2.24) is 31.5 Å². The number of aromatic hydroxyl groups is 2. The Labute approximate surface area is 472 Å². The lowest BCUT2D eigenvalue weighted by atomic mass is 9.72. The third-order valence-corrected chi connectivity index (χ3v) is 15.2. The van der Waals surface area contributed by atoms with E-state index in [0.717, 1.165) is 5.56 Å². The number of nitrogens with zero attached hydrogens (tertiary/aromatic N) is 1. The molecule has 2 aliphatic heterocycles. The number of phenols is 2. The van der Waals surface area contributed by atoms with Gasteiger partial charge in [0.05, 0.1) is 48.6 Å². The first kappa shape index (κ1) is 62.1. The number of rotatable bonds is 23. The van der Waals surface area contributed by atoms with Gasteiger partial charge in [0.2, 0.25) is 35.3 Å². The summed E-state index contributed by atoms with van der Waals surface area (Å²) in [6.45, 7) is 5.29. The summed E-state index contributed by atoms with van der Waals surface area (Å²) in [6, 6.07) is 7.54. The van der Waals surface area contributed by atoms with Crippen molar-refractivity contribution in [2.24, 2.45) is 11.7 Å². The van der Waals surface area contributed by atoms with Crippen LogP contribution in [0.5, 0.6) is 17.2 Å². The molecule has 2 fully saturated rings. The molecule has 444 valence electrons. The molecule has 4 unspecified atom stereocenters. The minimum absolute atomic E-state index is 0.0158. The highest BCUT2D eigenvalue weighted by Gasteiger charge is 2.51. The van der Waals surface area contributed by atoms with E-state index in [2.05, 4.69) is 26.6 Å². The first-order valence-electron chi connectivity index (χ1n) is 27.4. The van der Waals surface area contributed by atoms with Gasteiger partial charge < -0.3 is 81.7 Å². The minimum Gasteiger partial charge on any atom is -0.507 e. The first-order valence-corrected chi connectivity index (χ1v) is 27.4. The second-order valence-corrected chi connectivity index (χ2v) is 21.5. The molecule has 0 bridgehead atoms. The third kappa shape index (κ3) is 13.8. The van der Waals surface area contributed by atoms with Crippen molar-refractivity contribution in [3.05, 3.63) is 87.5 Å². The van der Waals surface area contributed by atoms with Gasteiger partial charge >= 0.3 is 6.09 Å². The lowest BCUT2D eigenvalue weighted by molar-refractivity contribution is -0.249. The van der Waals surface area contributed by atoms with E-state index in [1.165, 1.54) is 44.1 Å². The van der Waals surface area contributed by atoms with E-state index >= 15 is 0 Å². The quantitative estimate of drug-likeness (QED) is 0.0360. The summed E-state index contributed by atoms with van der Waals surface area (Å²) < 4.78 is 23.0. The predicted octanol–water partition coefficient (Wildman–Crippen LogP) is 0.726. The molecule has 3 aromatic rings. The molecule has 25 nitrogen and oxygen atoms in total. The van der Waals surface area contributed by atoms with Crippen molar-refractivity contribution in [3.63, 3.8) is 0 Å². The molecule has 12 N–H and O–H groups in total. The zero-order chi connectivity index (χ0) is 59.7. The number of carbonyl (C=O) groups is 9. The Balaban J connectivity index is 0.993. The number of likely N-dealkylation sites (tertiary alicyclic amines) is 1. The number of amides is 6. The van der Waals surface area contributed by atoms with E-state index < -0.39 is 162 Å². The number of phenolic OH excluding ortho intramolecular Hbond substituents is 2. The van der Waals surface area contributed by atoms with Crippen LogP contribution in [0.25, 0.3) is 0 Å². The van der Waals surface area contributed by atoms with Gasteiger partial charge in [0.15, 0.2) is 17.9 Å². The van der Waals surface area contributed by atoms with E-state index in [0.29, 0.717) is 25.8 Å². The number of aliphatic hydroxyl groups is 3. The van der Waals surface area contributed by atoms with Gasteiger partial charge in [-0.1, -0.05) is 56.3 Å². The molecule has 0 spiro atoms. The predicted molar refractivity (Wildman–Crippen MR) is 289 cm³/mol. The Morgan fingerprint density at radius 3 is 2.28 bits per heavy atom. The average Bonchev–Trinajstić information content (AvgIpc) is 2.06. The van der Waals surface area contributed by atoms with E-state index in [4.69, 9.17) is 24.7 Å². The van der Waals surface area contributed by atoms with Crippen molar-refractivity contribution in [2.75, 3.05) is 33.4 Å². The molecule has 82 heavy (non-hydrogen) atoms. The minimum atomic E-state index is -2.44. The number of hydrogen-bond donors (Lipinski definition) is 11. The van der Waals surface area contributed by atoms with E-state index in [1.54, 1.807) is 24.3 Å². The Hall–Kier alpha value is -7.55. The number of ketones is 3. The molecule has 25 heteroatoms. The van der Waals surface area contributed by atoms with Crippen LogP contribution in [0.15, 0.2) is 48.5 Å². The van der Waals surface area contributed by atoms with E-state index in [9.17, 15) is 68.7 Å². The SMILES string of the molecule is COc1cccc2c1C(=O)c1c(O)c3c(c(O)c1C2=O)C[C@@](O)(C(=O)CO)C[C@@H]3OC1CC(NC(=O)[C@H](CC(C)C)NC(=O)[C@@H]2CCCN2C(=O)CNC(=O)[C@H](C)NC(=O)[C@H](CCCCN)NC(=O)OCc2ccccc2)C(O)C(C)O1. The Kier molecular flexibility index (Phi) is 20.4. The van der Waals surface area contributed by atoms with Crippen LogP contribution in [0.1, 0.15) is 134 Å². The number of Topliss-reactive ketones (excluding diaryl/α,β-unsaturated/α-hetero) is 1. The van der Waals surface area contributed by atoms with Crippen LogP contribution in [0.3, 0.4) is 0 Å². The fourth-order valence-electron chi connectivity index (χ4n) is 10.9. The molecule has 0 saturated carbocycles. The number of nitrogens with one attached hydrogen (secondary N) is 5. The van der Waals surface area contributed by atoms with Gasteiger partial charge in [0.25, 0.3) is 0 Å². The van der Waals surface area contributed by atoms with Crippen LogP contribution in [0.4, 0.5) is 4.79 Å². The molecule has 2 aliphatic carbocycles. The van der Waals surface area contributed by atoms with Gasteiger partial charge in [-0.15, -0.1) is 0 Å². The summed E-state index contributed by atoms with van der Waals surface area (Å²) in [5, 5.41) is 70.0. The zero-order valence-corrected chi connectivity index (χ0v) is 46.4. The smallest absolute Gasteiger partial charge is 0.408 e. The second-order valence-electron chi connectivity index (χ2n) is 21.5. The number of methoxy groups -OCH3 is 1. The van der Waals surface area contributed by atoms with Crippen LogP contribution in [-0.4, -0.2) is 171 Å². The number of unbranched alkanes of at least 4 members (excludes halogenated alkanes) is 1.